The van der Waals surface area contributed by atoms with E-state index in [0.717, 1.165) is 16.7 Å². The van der Waals surface area contributed by atoms with Crippen LogP contribution >= 0.6 is 0 Å². The maximum absolute atomic E-state index is 11.9. The molecule has 1 aliphatic rings. The molecule has 0 aliphatic heterocycles. The number of rotatable bonds is 1. The van der Waals surface area contributed by atoms with Gasteiger partial charge in [-0.3, -0.25) is 9.78 Å². The zero-order valence-electron chi connectivity index (χ0n) is 13.3. The number of carbonyl (C=O) groups excluding carboxylic acids is 1. The first kappa shape index (κ1) is 14.3. The summed E-state index contributed by atoms with van der Waals surface area (Å²) in [5.74, 6) is -0.111. The standard InChI is InChI=1S/C18H15N5O/c1-22-14-7-3-4-8-15(14)23(2)18(22)21-20-13-9-10-16(24)17-12(13)6-5-11-19-17/h3-11H,1-2H3/b20-13-. The minimum Gasteiger partial charge on any atom is -0.312 e. The van der Waals surface area contributed by atoms with Crippen LogP contribution in [0.5, 0.6) is 0 Å². The van der Waals surface area contributed by atoms with E-state index < -0.39 is 0 Å². The van der Waals surface area contributed by atoms with Crippen molar-refractivity contribution in [3.05, 3.63) is 71.6 Å². The lowest BCUT2D eigenvalue weighted by atomic mass is 10.00. The van der Waals surface area contributed by atoms with Crippen molar-refractivity contribution in [2.45, 2.75) is 0 Å². The summed E-state index contributed by atoms with van der Waals surface area (Å²) >= 11 is 0. The number of hydrogen-bond acceptors (Lipinski definition) is 4. The van der Waals surface area contributed by atoms with Gasteiger partial charge in [0.1, 0.15) is 5.69 Å². The monoisotopic (exact) mass is 317 g/mol. The van der Waals surface area contributed by atoms with E-state index in [1.165, 1.54) is 6.08 Å². The Kier molecular flexibility index (Phi) is 3.23. The molecule has 1 aromatic carbocycles. The summed E-state index contributed by atoms with van der Waals surface area (Å²) in [6.45, 7) is 0. The van der Waals surface area contributed by atoms with E-state index in [0.29, 0.717) is 17.0 Å². The van der Waals surface area contributed by atoms with Gasteiger partial charge in [0.2, 0.25) is 11.4 Å². The number of fused-ring (bicyclic) bond motifs is 2. The van der Waals surface area contributed by atoms with Crippen LogP contribution in [0, 0.1) is 0 Å². The number of hydrogen-bond donors (Lipinski definition) is 0. The van der Waals surface area contributed by atoms with E-state index in [4.69, 9.17) is 0 Å². The zero-order chi connectivity index (χ0) is 16.7. The van der Waals surface area contributed by atoms with Gasteiger partial charge in [-0.2, -0.15) is 0 Å². The van der Waals surface area contributed by atoms with Gasteiger partial charge >= 0.3 is 0 Å². The van der Waals surface area contributed by atoms with E-state index in [1.807, 2.05) is 53.6 Å². The maximum Gasteiger partial charge on any atom is 0.230 e. The second-order valence-electron chi connectivity index (χ2n) is 5.59. The molecule has 0 N–H and O–H groups in total. The first-order valence-electron chi connectivity index (χ1n) is 7.57. The van der Waals surface area contributed by atoms with Gasteiger partial charge in [-0.1, -0.05) is 12.1 Å². The average Bonchev–Trinajstić information content (AvgIpc) is 2.86. The molecule has 2 heterocycles. The predicted octanol–water partition coefficient (Wildman–Crippen LogP) is 1.97. The molecule has 1 aliphatic carbocycles. The number of nitrogens with zero attached hydrogens (tertiary/aromatic N) is 5. The highest BCUT2D eigenvalue weighted by molar-refractivity contribution is 6.22. The summed E-state index contributed by atoms with van der Waals surface area (Å²) in [7, 11) is 3.91. The fourth-order valence-corrected chi connectivity index (χ4v) is 2.92. The molecule has 0 bridgehead atoms. The molecule has 0 fully saturated rings. The Morgan fingerprint density at radius 3 is 2.33 bits per heavy atom. The predicted molar refractivity (Wildman–Crippen MR) is 91.7 cm³/mol. The minimum atomic E-state index is -0.111. The molecule has 6 heteroatoms. The van der Waals surface area contributed by atoms with Crippen LogP contribution in [0.25, 0.3) is 11.0 Å². The van der Waals surface area contributed by atoms with Crippen molar-refractivity contribution >= 4 is 22.5 Å². The van der Waals surface area contributed by atoms with Crippen LogP contribution in [0.2, 0.25) is 0 Å². The molecular weight excluding hydrogens is 302 g/mol. The Balaban J connectivity index is 1.91. The largest absolute Gasteiger partial charge is 0.312 e. The molecule has 0 spiro atoms. The molecule has 3 aromatic rings. The SMILES string of the molecule is Cn1c(=N/N=C2/C=CC(=O)c3ncccc32)n(C)c2ccccc21. The fourth-order valence-electron chi connectivity index (χ4n) is 2.92. The quantitative estimate of drug-likeness (QED) is 0.644. The van der Waals surface area contributed by atoms with Crippen molar-refractivity contribution in [2.75, 3.05) is 0 Å². The summed E-state index contributed by atoms with van der Waals surface area (Å²) in [5.41, 5.74) is 4.62. The van der Waals surface area contributed by atoms with Crippen molar-refractivity contribution in [1.82, 2.24) is 14.1 Å². The van der Waals surface area contributed by atoms with Crippen molar-refractivity contribution < 1.29 is 4.79 Å². The van der Waals surface area contributed by atoms with Gasteiger partial charge in [0.15, 0.2) is 0 Å². The summed E-state index contributed by atoms with van der Waals surface area (Å²) < 4.78 is 3.97. The van der Waals surface area contributed by atoms with Crippen LogP contribution < -0.4 is 5.62 Å². The number of benzene rings is 1. The Hall–Kier alpha value is -3.28. The molecule has 0 saturated heterocycles. The molecule has 0 saturated carbocycles. The summed E-state index contributed by atoms with van der Waals surface area (Å²) in [4.78, 5) is 16.0. The normalized spacial score (nSPS) is 15.1. The van der Waals surface area contributed by atoms with Crippen LogP contribution in [-0.2, 0) is 14.1 Å². The second-order valence-corrected chi connectivity index (χ2v) is 5.59. The van der Waals surface area contributed by atoms with Crippen LogP contribution in [0.4, 0.5) is 0 Å². The lowest BCUT2D eigenvalue weighted by Gasteiger charge is -2.08. The first-order chi connectivity index (χ1) is 11.7. The second kappa shape index (κ2) is 5.42. The highest BCUT2D eigenvalue weighted by Crippen LogP contribution is 2.15. The van der Waals surface area contributed by atoms with Crippen molar-refractivity contribution in [3.8, 4) is 0 Å². The van der Waals surface area contributed by atoms with E-state index >= 15 is 0 Å². The van der Waals surface area contributed by atoms with Gasteiger partial charge in [0.25, 0.3) is 0 Å². The third kappa shape index (κ3) is 2.11. The highest BCUT2D eigenvalue weighted by Gasteiger charge is 2.18. The Morgan fingerprint density at radius 2 is 1.62 bits per heavy atom. The molecule has 0 radical (unpaired) electrons. The molecule has 24 heavy (non-hydrogen) atoms. The van der Waals surface area contributed by atoms with Gasteiger partial charge in [0, 0.05) is 25.9 Å². The maximum atomic E-state index is 11.9. The van der Waals surface area contributed by atoms with Gasteiger partial charge in [-0.15, -0.1) is 10.2 Å². The number of aromatic nitrogens is 3. The third-order valence-corrected chi connectivity index (χ3v) is 4.16. The first-order valence-corrected chi connectivity index (χ1v) is 7.57. The highest BCUT2D eigenvalue weighted by atomic mass is 16.1. The Morgan fingerprint density at radius 1 is 0.917 bits per heavy atom. The average molecular weight is 317 g/mol. The minimum absolute atomic E-state index is 0.111. The van der Waals surface area contributed by atoms with Crippen molar-refractivity contribution in [3.63, 3.8) is 0 Å². The van der Waals surface area contributed by atoms with Crippen molar-refractivity contribution in [1.29, 1.82) is 0 Å². The smallest absolute Gasteiger partial charge is 0.230 e. The van der Waals surface area contributed by atoms with Gasteiger partial charge in [-0.05, 0) is 36.4 Å². The molecular formula is C18H15N5O. The number of aryl methyl sites for hydroxylation is 2. The fraction of sp³-hybridized carbons (Fsp3) is 0.111. The van der Waals surface area contributed by atoms with Crippen molar-refractivity contribution in [2.24, 2.45) is 24.3 Å². The van der Waals surface area contributed by atoms with Crippen LogP contribution in [0.1, 0.15) is 16.1 Å². The third-order valence-electron chi connectivity index (χ3n) is 4.16. The number of pyridine rings is 1. The van der Waals surface area contributed by atoms with E-state index in [-0.39, 0.29) is 5.78 Å². The molecule has 2 aromatic heterocycles. The lowest BCUT2D eigenvalue weighted by Crippen LogP contribution is -2.22. The number of para-hydroxylation sites is 2. The number of carbonyl (C=O) groups is 1. The molecule has 6 nitrogen and oxygen atoms in total. The molecule has 0 atom stereocenters. The molecule has 4 rings (SSSR count). The Labute approximate surface area is 138 Å². The molecule has 118 valence electrons. The van der Waals surface area contributed by atoms with Gasteiger partial charge < -0.3 is 9.13 Å². The zero-order valence-corrected chi connectivity index (χ0v) is 13.3. The van der Waals surface area contributed by atoms with E-state index in [1.54, 1.807) is 18.3 Å². The van der Waals surface area contributed by atoms with Gasteiger partial charge in [0.05, 0.1) is 16.7 Å². The van der Waals surface area contributed by atoms with Gasteiger partial charge in [-0.25, -0.2) is 0 Å². The molecule has 0 amide bonds. The number of imidazole rings is 1. The summed E-state index contributed by atoms with van der Waals surface area (Å²) in [6.07, 6.45) is 4.76. The number of ketones is 1. The van der Waals surface area contributed by atoms with E-state index in [2.05, 4.69) is 15.2 Å². The van der Waals surface area contributed by atoms with Crippen LogP contribution in [0.15, 0.2) is 64.9 Å². The molecule has 0 unspecified atom stereocenters. The Bertz CT molecular complexity index is 1060. The van der Waals surface area contributed by atoms with E-state index in [9.17, 15) is 4.79 Å². The number of allylic oxidation sites excluding steroid dienone is 2. The van der Waals surface area contributed by atoms with Crippen LogP contribution in [0.3, 0.4) is 0 Å². The summed E-state index contributed by atoms with van der Waals surface area (Å²) in [5, 5.41) is 8.78. The summed E-state index contributed by atoms with van der Waals surface area (Å²) in [6, 6.07) is 11.7. The topological polar surface area (TPSA) is 64.5 Å². The van der Waals surface area contributed by atoms with Crippen LogP contribution in [-0.4, -0.2) is 25.6 Å². The lowest BCUT2D eigenvalue weighted by molar-refractivity contribution is 0.104.